The van der Waals surface area contributed by atoms with E-state index in [0.29, 0.717) is 6.54 Å². The van der Waals surface area contributed by atoms with Gasteiger partial charge in [-0.3, -0.25) is 0 Å². The van der Waals surface area contributed by atoms with Crippen molar-refractivity contribution in [2.75, 3.05) is 26.1 Å². The van der Waals surface area contributed by atoms with Gasteiger partial charge >= 0.3 is 0 Å². The lowest BCUT2D eigenvalue weighted by atomic mass is 10.1. The molecule has 0 radical (unpaired) electrons. The molecule has 0 aliphatic carbocycles. The lowest BCUT2D eigenvalue weighted by Gasteiger charge is -2.22. The Morgan fingerprint density at radius 3 is 2.20 bits per heavy atom. The summed E-state index contributed by atoms with van der Waals surface area (Å²) in [4.78, 5) is 0. The molecule has 0 saturated carbocycles. The second-order valence-electron chi connectivity index (χ2n) is 4.37. The minimum Gasteiger partial charge on any atom is -0.496 e. The van der Waals surface area contributed by atoms with Crippen LogP contribution in [-0.2, 0) is 0 Å². The summed E-state index contributed by atoms with van der Waals surface area (Å²) < 4.78 is 10.7. The zero-order valence-electron chi connectivity index (χ0n) is 11.8. The summed E-state index contributed by atoms with van der Waals surface area (Å²) in [5, 5.41) is 3.41. The molecule has 0 aliphatic rings. The van der Waals surface area contributed by atoms with E-state index in [-0.39, 0.29) is 6.04 Å². The van der Waals surface area contributed by atoms with Gasteiger partial charge in [-0.2, -0.15) is 0 Å². The standard InChI is InChI=1S/C16H20N2O2/c1-19-15-9-5-3-7-12(15)14(11-17)18-13-8-4-6-10-16(13)20-2/h3-10,14,18H,11,17H2,1-2H3. The number of hydrogen-bond donors (Lipinski definition) is 2. The third kappa shape index (κ3) is 3.03. The maximum atomic E-state index is 5.91. The van der Waals surface area contributed by atoms with Gasteiger partial charge in [-0.15, -0.1) is 0 Å². The van der Waals surface area contributed by atoms with Crippen LogP contribution < -0.4 is 20.5 Å². The van der Waals surface area contributed by atoms with Gasteiger partial charge in [0.2, 0.25) is 0 Å². The Morgan fingerprint density at radius 2 is 1.55 bits per heavy atom. The molecule has 1 atom stereocenters. The summed E-state index contributed by atoms with van der Waals surface area (Å²) in [6.07, 6.45) is 0. The van der Waals surface area contributed by atoms with E-state index in [1.54, 1.807) is 14.2 Å². The van der Waals surface area contributed by atoms with Crippen LogP contribution in [0.25, 0.3) is 0 Å². The average Bonchev–Trinajstić information content (AvgIpc) is 2.53. The fraction of sp³-hybridized carbons (Fsp3) is 0.250. The van der Waals surface area contributed by atoms with Gasteiger partial charge in [0.05, 0.1) is 25.9 Å². The SMILES string of the molecule is COc1ccccc1NC(CN)c1ccccc1OC. The van der Waals surface area contributed by atoms with Crippen molar-refractivity contribution in [3.05, 3.63) is 54.1 Å². The van der Waals surface area contributed by atoms with Crippen molar-refractivity contribution >= 4 is 5.69 Å². The molecule has 4 nitrogen and oxygen atoms in total. The van der Waals surface area contributed by atoms with E-state index in [1.165, 1.54) is 0 Å². The topological polar surface area (TPSA) is 56.5 Å². The number of nitrogens with one attached hydrogen (secondary N) is 1. The molecule has 20 heavy (non-hydrogen) atoms. The van der Waals surface area contributed by atoms with E-state index in [2.05, 4.69) is 5.32 Å². The molecule has 1 unspecified atom stereocenters. The molecule has 2 aromatic carbocycles. The molecule has 0 amide bonds. The normalized spacial score (nSPS) is 11.8. The highest BCUT2D eigenvalue weighted by Gasteiger charge is 2.15. The van der Waals surface area contributed by atoms with Gasteiger partial charge in [0, 0.05) is 12.1 Å². The van der Waals surface area contributed by atoms with E-state index in [4.69, 9.17) is 15.2 Å². The number of ether oxygens (including phenoxy) is 2. The largest absolute Gasteiger partial charge is 0.496 e. The van der Waals surface area contributed by atoms with Gasteiger partial charge in [0.15, 0.2) is 0 Å². The molecule has 2 rings (SSSR count). The quantitative estimate of drug-likeness (QED) is 0.849. The molecule has 0 aromatic heterocycles. The monoisotopic (exact) mass is 272 g/mol. The van der Waals surface area contributed by atoms with E-state index in [9.17, 15) is 0 Å². The molecule has 2 aromatic rings. The van der Waals surface area contributed by atoms with Gasteiger partial charge in [-0.05, 0) is 18.2 Å². The molecule has 3 N–H and O–H groups in total. The third-order valence-corrected chi connectivity index (χ3v) is 3.19. The van der Waals surface area contributed by atoms with Crippen LogP contribution in [0, 0.1) is 0 Å². The van der Waals surface area contributed by atoms with Crippen LogP contribution in [0.5, 0.6) is 11.5 Å². The van der Waals surface area contributed by atoms with Crippen LogP contribution in [-0.4, -0.2) is 20.8 Å². The fourth-order valence-electron chi connectivity index (χ4n) is 2.17. The predicted octanol–water partition coefficient (Wildman–Crippen LogP) is 2.82. The maximum Gasteiger partial charge on any atom is 0.141 e. The van der Waals surface area contributed by atoms with Crippen molar-refractivity contribution in [2.45, 2.75) is 6.04 Å². The first-order valence-corrected chi connectivity index (χ1v) is 6.52. The molecule has 106 valence electrons. The lowest BCUT2D eigenvalue weighted by molar-refractivity contribution is 0.406. The molecule has 0 fully saturated rings. The summed E-state index contributed by atoms with van der Waals surface area (Å²) in [5.74, 6) is 1.62. The van der Waals surface area contributed by atoms with E-state index in [0.717, 1.165) is 22.7 Å². The average molecular weight is 272 g/mol. The van der Waals surface area contributed by atoms with Crippen LogP contribution >= 0.6 is 0 Å². The predicted molar refractivity (Wildman–Crippen MR) is 81.4 cm³/mol. The van der Waals surface area contributed by atoms with Crippen molar-refractivity contribution in [2.24, 2.45) is 5.73 Å². The molecule has 0 heterocycles. The van der Waals surface area contributed by atoms with Gasteiger partial charge in [0.25, 0.3) is 0 Å². The fourth-order valence-corrected chi connectivity index (χ4v) is 2.17. The Hall–Kier alpha value is -2.20. The van der Waals surface area contributed by atoms with Crippen LogP contribution in [0.2, 0.25) is 0 Å². The van der Waals surface area contributed by atoms with Crippen molar-refractivity contribution in [3.8, 4) is 11.5 Å². The smallest absolute Gasteiger partial charge is 0.141 e. The number of nitrogens with two attached hydrogens (primary N) is 1. The first-order chi connectivity index (χ1) is 9.80. The molecule has 0 spiro atoms. The molecule has 0 aliphatic heterocycles. The zero-order chi connectivity index (χ0) is 14.4. The second kappa shape index (κ2) is 6.82. The van der Waals surface area contributed by atoms with Crippen molar-refractivity contribution < 1.29 is 9.47 Å². The summed E-state index contributed by atoms with van der Waals surface area (Å²) in [6.45, 7) is 0.457. The zero-order valence-corrected chi connectivity index (χ0v) is 11.8. The third-order valence-electron chi connectivity index (χ3n) is 3.19. The van der Waals surface area contributed by atoms with Crippen LogP contribution in [0.15, 0.2) is 48.5 Å². The Bertz CT molecular complexity index is 558. The van der Waals surface area contributed by atoms with Crippen LogP contribution in [0.4, 0.5) is 5.69 Å². The Balaban J connectivity index is 2.29. The van der Waals surface area contributed by atoms with E-state index in [1.807, 2.05) is 48.5 Å². The van der Waals surface area contributed by atoms with Gasteiger partial charge in [0.1, 0.15) is 11.5 Å². The van der Waals surface area contributed by atoms with Gasteiger partial charge in [-0.1, -0.05) is 30.3 Å². The number of anilines is 1. The molecule has 0 saturated heterocycles. The molecule has 0 bridgehead atoms. The highest BCUT2D eigenvalue weighted by atomic mass is 16.5. The van der Waals surface area contributed by atoms with Crippen molar-refractivity contribution in [1.82, 2.24) is 0 Å². The Labute approximate surface area is 119 Å². The van der Waals surface area contributed by atoms with E-state index < -0.39 is 0 Å². The summed E-state index contributed by atoms with van der Waals surface area (Å²) >= 11 is 0. The lowest BCUT2D eigenvalue weighted by Crippen LogP contribution is -2.21. The highest BCUT2D eigenvalue weighted by molar-refractivity contribution is 5.58. The maximum absolute atomic E-state index is 5.91. The highest BCUT2D eigenvalue weighted by Crippen LogP contribution is 2.31. The number of para-hydroxylation sites is 3. The van der Waals surface area contributed by atoms with Crippen LogP contribution in [0.1, 0.15) is 11.6 Å². The summed E-state index contributed by atoms with van der Waals surface area (Å²) in [6, 6.07) is 15.6. The minimum absolute atomic E-state index is 0.0394. The van der Waals surface area contributed by atoms with Gasteiger partial charge in [-0.25, -0.2) is 0 Å². The number of benzene rings is 2. The van der Waals surface area contributed by atoms with Crippen LogP contribution in [0.3, 0.4) is 0 Å². The van der Waals surface area contributed by atoms with E-state index >= 15 is 0 Å². The number of methoxy groups -OCH3 is 2. The minimum atomic E-state index is -0.0394. The molecule has 4 heteroatoms. The molecular weight excluding hydrogens is 252 g/mol. The number of rotatable bonds is 6. The second-order valence-corrected chi connectivity index (χ2v) is 4.37. The summed E-state index contributed by atoms with van der Waals surface area (Å²) in [7, 11) is 3.32. The van der Waals surface area contributed by atoms with Crippen molar-refractivity contribution in [3.63, 3.8) is 0 Å². The Morgan fingerprint density at radius 1 is 0.950 bits per heavy atom. The Kier molecular flexibility index (Phi) is 4.85. The molecular formula is C16H20N2O2. The summed E-state index contributed by atoms with van der Waals surface area (Å²) in [5.41, 5.74) is 7.85. The first kappa shape index (κ1) is 14.2. The number of hydrogen-bond acceptors (Lipinski definition) is 4. The van der Waals surface area contributed by atoms with Gasteiger partial charge < -0.3 is 20.5 Å². The first-order valence-electron chi connectivity index (χ1n) is 6.52. The van der Waals surface area contributed by atoms with Crippen molar-refractivity contribution in [1.29, 1.82) is 0 Å².